The fraction of sp³-hybridized carbons (Fsp3) is 0.857. The first-order valence-electron chi connectivity index (χ1n) is 6.77. The third-order valence-corrected chi connectivity index (χ3v) is 2.62. The zero-order valence-electron chi connectivity index (χ0n) is 12.2. The monoisotopic (exact) mass is 274 g/mol. The van der Waals surface area contributed by atoms with Crippen LogP contribution in [0.3, 0.4) is 0 Å². The van der Waals surface area contributed by atoms with E-state index in [4.69, 9.17) is 23.7 Å². The number of ether oxygens (including phenoxy) is 5. The minimum absolute atomic E-state index is 0.00799. The first-order valence-corrected chi connectivity index (χ1v) is 6.77. The zero-order valence-corrected chi connectivity index (χ0v) is 12.2. The van der Waals surface area contributed by atoms with Crippen molar-refractivity contribution in [1.29, 1.82) is 0 Å². The SMILES string of the molecule is C=CCOCC(COCC1COC(C)(C)O1)OCC. The largest absolute Gasteiger partial charge is 0.376 e. The highest BCUT2D eigenvalue weighted by molar-refractivity contribution is 4.70. The van der Waals surface area contributed by atoms with Crippen LogP contribution in [0.2, 0.25) is 0 Å². The molecule has 1 aliphatic heterocycles. The van der Waals surface area contributed by atoms with Gasteiger partial charge in [0.25, 0.3) is 0 Å². The summed E-state index contributed by atoms with van der Waals surface area (Å²) in [5.41, 5.74) is 0. The molecule has 1 fully saturated rings. The average molecular weight is 274 g/mol. The van der Waals surface area contributed by atoms with E-state index in [2.05, 4.69) is 6.58 Å². The Kier molecular flexibility index (Phi) is 7.56. The van der Waals surface area contributed by atoms with E-state index >= 15 is 0 Å². The lowest BCUT2D eigenvalue weighted by atomic mass is 10.3. The van der Waals surface area contributed by atoms with Gasteiger partial charge in [0.05, 0.1) is 33.0 Å². The molecule has 0 aromatic rings. The van der Waals surface area contributed by atoms with Crippen LogP contribution in [0.5, 0.6) is 0 Å². The van der Waals surface area contributed by atoms with Crippen molar-refractivity contribution in [2.75, 3.05) is 39.6 Å². The topological polar surface area (TPSA) is 46.2 Å². The van der Waals surface area contributed by atoms with Gasteiger partial charge >= 0.3 is 0 Å². The Bertz CT molecular complexity index is 254. The van der Waals surface area contributed by atoms with Crippen LogP contribution >= 0.6 is 0 Å². The van der Waals surface area contributed by atoms with Gasteiger partial charge in [-0.2, -0.15) is 0 Å². The lowest BCUT2D eigenvalue weighted by molar-refractivity contribution is -0.147. The van der Waals surface area contributed by atoms with E-state index in [1.807, 2.05) is 20.8 Å². The molecule has 1 rings (SSSR count). The molecular formula is C14H26O5. The predicted molar refractivity (Wildman–Crippen MR) is 72.2 cm³/mol. The van der Waals surface area contributed by atoms with Crippen molar-refractivity contribution >= 4 is 0 Å². The number of hydrogen-bond acceptors (Lipinski definition) is 5. The van der Waals surface area contributed by atoms with Gasteiger partial charge in [0, 0.05) is 6.61 Å². The van der Waals surface area contributed by atoms with Gasteiger partial charge < -0.3 is 23.7 Å². The maximum atomic E-state index is 5.66. The Hall–Kier alpha value is -0.460. The Morgan fingerprint density at radius 3 is 2.68 bits per heavy atom. The van der Waals surface area contributed by atoms with Crippen molar-refractivity contribution in [3.05, 3.63) is 12.7 Å². The molecule has 0 bridgehead atoms. The molecule has 1 saturated heterocycles. The highest BCUT2D eigenvalue weighted by Crippen LogP contribution is 2.22. The molecule has 2 unspecified atom stereocenters. The van der Waals surface area contributed by atoms with Crippen LogP contribution in [0.1, 0.15) is 20.8 Å². The maximum absolute atomic E-state index is 5.66. The quantitative estimate of drug-likeness (QED) is 0.449. The van der Waals surface area contributed by atoms with E-state index < -0.39 is 5.79 Å². The van der Waals surface area contributed by atoms with Gasteiger partial charge in [-0.1, -0.05) is 6.08 Å². The second-order valence-electron chi connectivity index (χ2n) is 4.89. The van der Waals surface area contributed by atoms with Crippen LogP contribution < -0.4 is 0 Å². The molecular weight excluding hydrogens is 248 g/mol. The fourth-order valence-electron chi connectivity index (χ4n) is 1.84. The van der Waals surface area contributed by atoms with Gasteiger partial charge in [-0.05, 0) is 20.8 Å². The van der Waals surface area contributed by atoms with Crippen molar-refractivity contribution in [3.8, 4) is 0 Å². The summed E-state index contributed by atoms with van der Waals surface area (Å²) < 4.78 is 27.7. The molecule has 0 spiro atoms. The molecule has 0 aliphatic carbocycles. The van der Waals surface area contributed by atoms with Crippen LogP contribution in [-0.4, -0.2) is 57.6 Å². The van der Waals surface area contributed by atoms with Gasteiger partial charge in [-0.3, -0.25) is 0 Å². The number of rotatable bonds is 10. The Balaban J connectivity index is 2.15. The van der Waals surface area contributed by atoms with Crippen LogP contribution in [0.4, 0.5) is 0 Å². The van der Waals surface area contributed by atoms with Gasteiger partial charge in [0.1, 0.15) is 12.2 Å². The lowest BCUT2D eigenvalue weighted by Crippen LogP contribution is -2.29. The van der Waals surface area contributed by atoms with E-state index in [0.717, 1.165) is 0 Å². The molecule has 2 atom stereocenters. The molecule has 1 aliphatic rings. The van der Waals surface area contributed by atoms with Crippen molar-refractivity contribution in [3.63, 3.8) is 0 Å². The number of hydrogen-bond donors (Lipinski definition) is 0. The van der Waals surface area contributed by atoms with Crippen molar-refractivity contribution in [2.24, 2.45) is 0 Å². The third-order valence-electron chi connectivity index (χ3n) is 2.62. The van der Waals surface area contributed by atoms with Gasteiger partial charge in [-0.15, -0.1) is 6.58 Å². The predicted octanol–water partition coefficient (Wildman–Crippen LogP) is 1.76. The Morgan fingerprint density at radius 1 is 1.37 bits per heavy atom. The van der Waals surface area contributed by atoms with Crippen molar-refractivity contribution in [2.45, 2.75) is 38.8 Å². The summed E-state index contributed by atoms with van der Waals surface area (Å²) in [6.07, 6.45) is 1.65. The first-order chi connectivity index (χ1) is 9.07. The zero-order chi connectivity index (χ0) is 14.1. The highest BCUT2D eigenvalue weighted by Gasteiger charge is 2.32. The molecule has 1 heterocycles. The smallest absolute Gasteiger partial charge is 0.163 e. The van der Waals surface area contributed by atoms with Gasteiger partial charge in [0.15, 0.2) is 5.79 Å². The van der Waals surface area contributed by atoms with E-state index in [-0.39, 0.29) is 12.2 Å². The molecule has 0 N–H and O–H groups in total. The molecule has 19 heavy (non-hydrogen) atoms. The molecule has 5 nitrogen and oxygen atoms in total. The first kappa shape index (κ1) is 16.6. The van der Waals surface area contributed by atoms with E-state index in [1.54, 1.807) is 6.08 Å². The van der Waals surface area contributed by atoms with Gasteiger partial charge in [0.2, 0.25) is 0 Å². The van der Waals surface area contributed by atoms with Gasteiger partial charge in [-0.25, -0.2) is 0 Å². The van der Waals surface area contributed by atoms with Crippen LogP contribution in [0, 0.1) is 0 Å². The highest BCUT2D eigenvalue weighted by atomic mass is 16.7. The average Bonchev–Trinajstić information content (AvgIpc) is 2.69. The maximum Gasteiger partial charge on any atom is 0.163 e. The molecule has 112 valence electrons. The summed E-state index contributed by atoms with van der Waals surface area (Å²) in [6, 6.07) is 0. The van der Waals surface area contributed by atoms with Crippen LogP contribution in [0.25, 0.3) is 0 Å². The minimum Gasteiger partial charge on any atom is -0.376 e. The summed E-state index contributed by atoms with van der Waals surface area (Å²) in [6.45, 7) is 12.6. The normalized spacial score (nSPS) is 23.4. The molecule has 0 aromatic carbocycles. The fourth-order valence-corrected chi connectivity index (χ4v) is 1.84. The van der Waals surface area contributed by atoms with Crippen molar-refractivity contribution in [1.82, 2.24) is 0 Å². The minimum atomic E-state index is -0.500. The third kappa shape index (κ3) is 7.03. The lowest BCUT2D eigenvalue weighted by Gasteiger charge is -2.19. The van der Waals surface area contributed by atoms with Crippen LogP contribution in [-0.2, 0) is 23.7 Å². The van der Waals surface area contributed by atoms with Crippen LogP contribution in [0.15, 0.2) is 12.7 Å². The second-order valence-corrected chi connectivity index (χ2v) is 4.89. The Labute approximate surface area is 115 Å². The van der Waals surface area contributed by atoms with E-state index in [0.29, 0.717) is 39.6 Å². The summed E-state index contributed by atoms with van der Waals surface area (Å²) in [4.78, 5) is 0. The summed E-state index contributed by atoms with van der Waals surface area (Å²) in [5, 5.41) is 0. The molecule has 0 radical (unpaired) electrons. The molecule has 5 heteroatoms. The molecule has 0 saturated carbocycles. The summed E-state index contributed by atoms with van der Waals surface area (Å²) in [7, 11) is 0. The van der Waals surface area contributed by atoms with E-state index in [9.17, 15) is 0 Å². The molecule has 0 aromatic heterocycles. The second kappa shape index (κ2) is 8.66. The summed E-state index contributed by atoms with van der Waals surface area (Å²) in [5.74, 6) is -0.500. The summed E-state index contributed by atoms with van der Waals surface area (Å²) >= 11 is 0. The standard InChI is InChI=1S/C14H26O5/c1-5-7-15-8-12(17-6-2)9-16-10-13-11-18-14(3,4)19-13/h5,12-13H,1,6-11H2,2-4H3. The van der Waals surface area contributed by atoms with E-state index in [1.165, 1.54) is 0 Å². The molecule has 0 amide bonds. The van der Waals surface area contributed by atoms with Crippen molar-refractivity contribution < 1.29 is 23.7 Å². The Morgan fingerprint density at radius 2 is 2.11 bits per heavy atom.